The van der Waals surface area contributed by atoms with Crippen molar-refractivity contribution in [2.45, 2.75) is 52.9 Å². The van der Waals surface area contributed by atoms with Crippen LogP contribution in [-0.2, 0) is 9.53 Å². The summed E-state index contributed by atoms with van der Waals surface area (Å²) in [6.07, 6.45) is 0.174. The summed E-state index contributed by atoms with van der Waals surface area (Å²) in [5.74, 6) is -4.18. The maximum Gasteiger partial charge on any atom is 0.251 e. The Bertz CT molecular complexity index is 672. The van der Waals surface area contributed by atoms with Crippen LogP contribution in [0.2, 0.25) is 0 Å². The van der Waals surface area contributed by atoms with E-state index in [1.54, 1.807) is 6.92 Å². The van der Waals surface area contributed by atoms with Gasteiger partial charge in [-0.2, -0.15) is 0 Å². The highest BCUT2D eigenvalue weighted by molar-refractivity contribution is 5.94. The molecule has 0 radical (unpaired) electrons. The minimum atomic E-state index is -1.27. The summed E-state index contributed by atoms with van der Waals surface area (Å²) < 4.78 is 31.4. The maximum absolute atomic E-state index is 13.2. The van der Waals surface area contributed by atoms with Crippen LogP contribution >= 0.6 is 0 Å². The fraction of sp³-hybridized carbons (Fsp3) is 0.579. The van der Waals surface area contributed by atoms with Crippen molar-refractivity contribution in [2.75, 3.05) is 13.2 Å². The second-order valence-corrected chi connectivity index (χ2v) is 7.88. The van der Waals surface area contributed by atoms with E-state index in [4.69, 9.17) is 4.74 Å². The lowest BCUT2D eigenvalue weighted by Gasteiger charge is -2.28. The molecule has 0 aliphatic carbocycles. The molecule has 0 aliphatic heterocycles. The van der Waals surface area contributed by atoms with Crippen LogP contribution in [0, 0.1) is 17.0 Å². The summed E-state index contributed by atoms with van der Waals surface area (Å²) in [6, 6.07) is 2.48. The Balaban J connectivity index is 2.44. The van der Waals surface area contributed by atoms with Gasteiger partial charge in [-0.1, -0.05) is 13.8 Å². The van der Waals surface area contributed by atoms with Gasteiger partial charge >= 0.3 is 0 Å². The second-order valence-electron chi connectivity index (χ2n) is 7.88. The molecular weight excluding hydrogens is 358 g/mol. The largest absolute Gasteiger partial charge is 0.366 e. The van der Waals surface area contributed by atoms with E-state index in [0.29, 0.717) is 0 Å². The van der Waals surface area contributed by atoms with E-state index in [0.717, 1.165) is 12.1 Å². The first kappa shape index (κ1) is 23.0. The molecular formula is C19H28F2N2O4. The van der Waals surface area contributed by atoms with Crippen molar-refractivity contribution in [1.82, 2.24) is 10.6 Å². The number of halogens is 2. The third-order valence-electron chi connectivity index (χ3n) is 3.62. The Labute approximate surface area is 158 Å². The van der Waals surface area contributed by atoms with E-state index in [2.05, 4.69) is 10.6 Å². The molecule has 0 spiro atoms. The van der Waals surface area contributed by atoms with Gasteiger partial charge in [0.05, 0.1) is 6.61 Å². The van der Waals surface area contributed by atoms with E-state index < -0.39 is 34.8 Å². The molecule has 8 heteroatoms. The molecule has 0 aromatic heterocycles. The average Bonchev–Trinajstić information content (AvgIpc) is 2.53. The highest BCUT2D eigenvalue weighted by Gasteiger charge is 2.26. The molecule has 1 unspecified atom stereocenters. The Morgan fingerprint density at radius 1 is 1.19 bits per heavy atom. The molecule has 0 aliphatic rings. The molecule has 2 amide bonds. The van der Waals surface area contributed by atoms with E-state index in [1.807, 2.05) is 13.8 Å². The zero-order chi connectivity index (χ0) is 20.8. The van der Waals surface area contributed by atoms with Gasteiger partial charge in [-0.15, -0.1) is 0 Å². The number of aliphatic hydroxyl groups is 1. The molecule has 1 aromatic rings. The average molecular weight is 386 g/mol. The van der Waals surface area contributed by atoms with Crippen molar-refractivity contribution in [3.63, 3.8) is 0 Å². The first-order chi connectivity index (χ1) is 12.3. The lowest BCUT2D eigenvalue weighted by molar-refractivity contribution is -0.192. The zero-order valence-corrected chi connectivity index (χ0v) is 16.4. The van der Waals surface area contributed by atoms with Crippen LogP contribution in [0.5, 0.6) is 0 Å². The van der Waals surface area contributed by atoms with Crippen molar-refractivity contribution < 1.29 is 28.2 Å². The van der Waals surface area contributed by atoms with Crippen LogP contribution in [-0.4, -0.2) is 41.9 Å². The van der Waals surface area contributed by atoms with Gasteiger partial charge < -0.3 is 20.5 Å². The van der Waals surface area contributed by atoms with Gasteiger partial charge in [0.15, 0.2) is 17.4 Å². The molecule has 1 rings (SSSR count). The van der Waals surface area contributed by atoms with Crippen LogP contribution in [0.3, 0.4) is 0 Å². The van der Waals surface area contributed by atoms with Gasteiger partial charge in [0, 0.05) is 24.6 Å². The number of ether oxygens (including phenoxy) is 1. The van der Waals surface area contributed by atoms with E-state index in [9.17, 15) is 23.5 Å². The SMILES string of the molecule is CC(CNC(=O)CC(C)(C)COC(C)(C)O)NC(=O)c1ccc(F)c(F)c1. The van der Waals surface area contributed by atoms with Gasteiger partial charge in [-0.25, -0.2) is 8.78 Å². The quantitative estimate of drug-likeness (QED) is 0.569. The Morgan fingerprint density at radius 2 is 1.81 bits per heavy atom. The summed E-state index contributed by atoms with van der Waals surface area (Å²) in [7, 11) is 0. The van der Waals surface area contributed by atoms with Crippen molar-refractivity contribution >= 4 is 11.8 Å². The molecule has 3 N–H and O–H groups in total. The number of hydrogen-bond donors (Lipinski definition) is 3. The topological polar surface area (TPSA) is 87.7 Å². The fourth-order valence-electron chi connectivity index (χ4n) is 2.18. The predicted octanol–water partition coefficient (Wildman–Crippen LogP) is 2.36. The lowest BCUT2D eigenvalue weighted by atomic mass is 9.90. The van der Waals surface area contributed by atoms with E-state index in [-0.39, 0.29) is 31.0 Å². The monoisotopic (exact) mass is 386 g/mol. The molecule has 6 nitrogen and oxygen atoms in total. The summed E-state index contributed by atoms with van der Waals surface area (Å²) in [4.78, 5) is 24.1. The number of nitrogens with one attached hydrogen (secondary N) is 2. The van der Waals surface area contributed by atoms with Crippen molar-refractivity contribution in [1.29, 1.82) is 0 Å². The standard InChI is InChI=1S/C19H28F2N2O4/c1-12(23-17(25)13-6-7-14(20)15(21)8-13)10-22-16(24)9-18(2,3)11-27-19(4,5)26/h6-8,12,26H,9-11H2,1-5H3,(H,22,24)(H,23,25). The normalized spacial score (nSPS) is 13.2. The van der Waals surface area contributed by atoms with Gasteiger partial charge in [0.1, 0.15) is 0 Å². The van der Waals surface area contributed by atoms with E-state index >= 15 is 0 Å². The Morgan fingerprint density at radius 3 is 2.37 bits per heavy atom. The highest BCUT2D eigenvalue weighted by atomic mass is 19.2. The van der Waals surface area contributed by atoms with Gasteiger partial charge in [-0.3, -0.25) is 9.59 Å². The molecule has 0 heterocycles. The molecule has 27 heavy (non-hydrogen) atoms. The molecule has 0 saturated heterocycles. The number of hydrogen-bond acceptors (Lipinski definition) is 4. The first-order valence-corrected chi connectivity index (χ1v) is 8.68. The summed E-state index contributed by atoms with van der Waals surface area (Å²) in [5.41, 5.74) is -0.487. The number of carbonyl (C=O) groups excluding carboxylic acids is 2. The van der Waals surface area contributed by atoms with Gasteiger partial charge in [0.2, 0.25) is 5.91 Å². The lowest BCUT2D eigenvalue weighted by Crippen LogP contribution is -2.43. The highest BCUT2D eigenvalue weighted by Crippen LogP contribution is 2.22. The van der Waals surface area contributed by atoms with E-state index in [1.165, 1.54) is 19.9 Å². The van der Waals surface area contributed by atoms with Crippen LogP contribution in [0.25, 0.3) is 0 Å². The third kappa shape index (κ3) is 8.92. The minimum absolute atomic E-state index is 0.00280. The van der Waals surface area contributed by atoms with Gasteiger partial charge in [-0.05, 0) is 44.4 Å². The predicted molar refractivity (Wildman–Crippen MR) is 96.9 cm³/mol. The molecule has 0 saturated carbocycles. The molecule has 152 valence electrons. The van der Waals surface area contributed by atoms with Crippen LogP contribution in [0.1, 0.15) is 51.4 Å². The van der Waals surface area contributed by atoms with Crippen molar-refractivity contribution in [2.24, 2.45) is 5.41 Å². The summed E-state index contributed by atoms with van der Waals surface area (Å²) in [6.45, 7) is 8.77. The number of amides is 2. The number of benzene rings is 1. The molecule has 1 aromatic carbocycles. The summed E-state index contributed by atoms with van der Waals surface area (Å²) >= 11 is 0. The smallest absolute Gasteiger partial charge is 0.251 e. The third-order valence-corrected chi connectivity index (χ3v) is 3.62. The number of carbonyl (C=O) groups is 2. The molecule has 0 fully saturated rings. The van der Waals surface area contributed by atoms with Crippen LogP contribution in [0.4, 0.5) is 8.78 Å². The molecule has 1 atom stereocenters. The first-order valence-electron chi connectivity index (χ1n) is 8.68. The van der Waals surface area contributed by atoms with Crippen molar-refractivity contribution in [3.8, 4) is 0 Å². The Hall–Kier alpha value is -2.06. The fourth-order valence-corrected chi connectivity index (χ4v) is 2.18. The Kier molecular flexibility index (Phi) is 7.86. The van der Waals surface area contributed by atoms with Crippen LogP contribution < -0.4 is 10.6 Å². The zero-order valence-electron chi connectivity index (χ0n) is 16.4. The van der Waals surface area contributed by atoms with Gasteiger partial charge in [0.25, 0.3) is 5.91 Å². The summed E-state index contributed by atoms with van der Waals surface area (Å²) in [5, 5.41) is 14.9. The maximum atomic E-state index is 13.2. The number of rotatable bonds is 9. The van der Waals surface area contributed by atoms with Crippen LogP contribution in [0.15, 0.2) is 18.2 Å². The molecule has 0 bridgehead atoms. The van der Waals surface area contributed by atoms with Crippen molar-refractivity contribution in [3.05, 3.63) is 35.4 Å². The second kappa shape index (κ2) is 9.23. The minimum Gasteiger partial charge on any atom is -0.366 e.